The van der Waals surface area contributed by atoms with Gasteiger partial charge in [0.05, 0.1) is 11.8 Å². The molecule has 0 aromatic heterocycles. The van der Waals surface area contributed by atoms with Gasteiger partial charge < -0.3 is 9.47 Å². The second-order valence-electron chi connectivity index (χ2n) is 6.66. The topological polar surface area (TPSA) is 77.0 Å². The SMILES string of the molecule is CCc1ccc(OCC(=O)N/N=C/c2cc(Br)ccc2OC(=O)c2ccc(Cl)cc2)cc1. The fraction of sp³-hybridized carbons (Fsp3) is 0.125. The fourth-order valence-electron chi connectivity index (χ4n) is 2.63. The molecule has 0 aliphatic rings. The number of hydrazone groups is 1. The van der Waals surface area contributed by atoms with Crippen LogP contribution < -0.4 is 14.9 Å². The van der Waals surface area contributed by atoms with Crippen LogP contribution in [0, 0.1) is 0 Å². The van der Waals surface area contributed by atoms with Gasteiger partial charge in [0.1, 0.15) is 11.5 Å². The van der Waals surface area contributed by atoms with E-state index >= 15 is 0 Å². The number of halogens is 2. The number of hydrogen-bond donors (Lipinski definition) is 1. The number of nitrogens with zero attached hydrogens (tertiary/aromatic N) is 1. The summed E-state index contributed by atoms with van der Waals surface area (Å²) in [5.74, 6) is -0.0659. The van der Waals surface area contributed by atoms with Crippen LogP contribution in [0.4, 0.5) is 0 Å². The quantitative estimate of drug-likeness (QED) is 0.188. The van der Waals surface area contributed by atoms with Gasteiger partial charge in [-0.2, -0.15) is 5.10 Å². The summed E-state index contributed by atoms with van der Waals surface area (Å²) in [6.07, 6.45) is 2.32. The van der Waals surface area contributed by atoms with Crippen molar-refractivity contribution >= 4 is 45.6 Å². The Bertz CT molecular complexity index is 1120. The number of aryl methyl sites for hydroxylation is 1. The Balaban J connectivity index is 1.59. The van der Waals surface area contributed by atoms with Crippen molar-refractivity contribution in [3.8, 4) is 11.5 Å². The Hall–Kier alpha value is -3.16. The van der Waals surface area contributed by atoms with Crippen LogP contribution in [0.5, 0.6) is 11.5 Å². The van der Waals surface area contributed by atoms with Crippen molar-refractivity contribution in [2.75, 3.05) is 6.61 Å². The third-order valence-corrected chi connectivity index (χ3v) is 5.09. The van der Waals surface area contributed by atoms with Crippen molar-refractivity contribution in [1.82, 2.24) is 5.43 Å². The highest BCUT2D eigenvalue weighted by molar-refractivity contribution is 9.10. The maximum absolute atomic E-state index is 12.4. The highest BCUT2D eigenvalue weighted by atomic mass is 79.9. The zero-order chi connectivity index (χ0) is 22.9. The van der Waals surface area contributed by atoms with Crippen LogP contribution in [0.3, 0.4) is 0 Å². The maximum atomic E-state index is 12.4. The summed E-state index contributed by atoms with van der Waals surface area (Å²) in [6.45, 7) is 1.89. The first kappa shape index (κ1) is 23.5. The number of carbonyl (C=O) groups excluding carboxylic acids is 2. The van der Waals surface area contributed by atoms with Gasteiger partial charge in [0.2, 0.25) is 0 Å². The smallest absolute Gasteiger partial charge is 0.343 e. The molecule has 1 amide bonds. The molecule has 0 unspecified atom stereocenters. The molecular weight excluding hydrogens is 496 g/mol. The Morgan fingerprint density at radius 3 is 2.47 bits per heavy atom. The molecule has 0 fully saturated rings. The molecule has 0 bridgehead atoms. The average Bonchev–Trinajstić information content (AvgIpc) is 2.80. The van der Waals surface area contributed by atoms with E-state index in [9.17, 15) is 9.59 Å². The largest absolute Gasteiger partial charge is 0.484 e. The van der Waals surface area contributed by atoms with E-state index in [0.717, 1.165) is 10.9 Å². The van der Waals surface area contributed by atoms with Crippen LogP contribution in [0.2, 0.25) is 5.02 Å². The molecule has 8 heteroatoms. The Kier molecular flexibility index (Phi) is 8.41. The molecule has 0 heterocycles. The Labute approximate surface area is 199 Å². The monoisotopic (exact) mass is 514 g/mol. The van der Waals surface area contributed by atoms with Crippen molar-refractivity contribution < 1.29 is 19.1 Å². The number of benzene rings is 3. The van der Waals surface area contributed by atoms with Gasteiger partial charge in [-0.1, -0.05) is 46.6 Å². The molecular formula is C24H20BrClN2O4. The van der Waals surface area contributed by atoms with E-state index in [4.69, 9.17) is 21.1 Å². The van der Waals surface area contributed by atoms with Crippen molar-refractivity contribution in [2.45, 2.75) is 13.3 Å². The van der Waals surface area contributed by atoms with E-state index in [0.29, 0.717) is 27.6 Å². The van der Waals surface area contributed by atoms with E-state index in [1.54, 1.807) is 42.5 Å². The molecule has 3 aromatic carbocycles. The highest BCUT2D eigenvalue weighted by Gasteiger charge is 2.12. The second kappa shape index (κ2) is 11.5. The van der Waals surface area contributed by atoms with E-state index in [-0.39, 0.29) is 6.61 Å². The lowest BCUT2D eigenvalue weighted by molar-refractivity contribution is -0.123. The van der Waals surface area contributed by atoms with Crippen LogP contribution in [0.15, 0.2) is 76.3 Å². The molecule has 164 valence electrons. The normalized spacial score (nSPS) is 10.7. The van der Waals surface area contributed by atoms with Crippen molar-refractivity contribution in [3.63, 3.8) is 0 Å². The number of hydrogen-bond acceptors (Lipinski definition) is 5. The lowest BCUT2D eigenvalue weighted by atomic mass is 10.2. The predicted octanol–water partition coefficient (Wildman–Crippen LogP) is 5.41. The van der Waals surface area contributed by atoms with E-state index in [2.05, 4.69) is 33.4 Å². The van der Waals surface area contributed by atoms with Crippen LogP contribution >= 0.6 is 27.5 Å². The molecule has 0 radical (unpaired) electrons. The minimum absolute atomic E-state index is 0.181. The molecule has 3 aromatic rings. The van der Waals surface area contributed by atoms with Crippen LogP contribution in [-0.4, -0.2) is 24.7 Å². The van der Waals surface area contributed by atoms with E-state index in [1.165, 1.54) is 11.8 Å². The summed E-state index contributed by atoms with van der Waals surface area (Å²) in [5.41, 5.74) is 4.44. The van der Waals surface area contributed by atoms with Gasteiger partial charge in [-0.25, -0.2) is 10.2 Å². The van der Waals surface area contributed by atoms with Gasteiger partial charge in [0, 0.05) is 15.1 Å². The number of ether oxygens (including phenoxy) is 2. The molecule has 0 aliphatic carbocycles. The molecule has 0 aliphatic heterocycles. The van der Waals surface area contributed by atoms with Gasteiger partial charge in [-0.3, -0.25) is 4.79 Å². The molecule has 32 heavy (non-hydrogen) atoms. The number of nitrogens with one attached hydrogen (secondary N) is 1. The Morgan fingerprint density at radius 2 is 1.78 bits per heavy atom. The fourth-order valence-corrected chi connectivity index (χ4v) is 3.14. The molecule has 1 N–H and O–H groups in total. The number of rotatable bonds is 8. The number of amides is 1. The Morgan fingerprint density at radius 1 is 1.06 bits per heavy atom. The lowest BCUT2D eigenvalue weighted by Crippen LogP contribution is -2.24. The van der Waals surface area contributed by atoms with E-state index in [1.807, 2.05) is 24.3 Å². The van der Waals surface area contributed by atoms with Crippen LogP contribution in [-0.2, 0) is 11.2 Å². The summed E-state index contributed by atoms with van der Waals surface area (Å²) >= 11 is 9.23. The van der Waals surface area contributed by atoms with Gasteiger partial charge in [0.25, 0.3) is 5.91 Å². The van der Waals surface area contributed by atoms with Crippen molar-refractivity contribution in [3.05, 3.63) is 92.9 Å². The first-order valence-corrected chi connectivity index (χ1v) is 10.9. The van der Waals surface area contributed by atoms with Gasteiger partial charge >= 0.3 is 5.97 Å². The van der Waals surface area contributed by atoms with Crippen molar-refractivity contribution in [1.29, 1.82) is 0 Å². The highest BCUT2D eigenvalue weighted by Crippen LogP contribution is 2.23. The first-order chi connectivity index (χ1) is 15.4. The second-order valence-corrected chi connectivity index (χ2v) is 8.01. The third kappa shape index (κ3) is 6.93. The number of esters is 1. The zero-order valence-corrected chi connectivity index (χ0v) is 19.5. The molecule has 0 saturated heterocycles. The zero-order valence-electron chi connectivity index (χ0n) is 17.2. The lowest BCUT2D eigenvalue weighted by Gasteiger charge is -2.08. The predicted molar refractivity (Wildman–Crippen MR) is 128 cm³/mol. The maximum Gasteiger partial charge on any atom is 0.343 e. The van der Waals surface area contributed by atoms with Crippen LogP contribution in [0.1, 0.15) is 28.4 Å². The summed E-state index contributed by atoms with van der Waals surface area (Å²) < 4.78 is 11.7. The summed E-state index contributed by atoms with van der Waals surface area (Å²) in [4.78, 5) is 24.4. The summed E-state index contributed by atoms with van der Waals surface area (Å²) in [7, 11) is 0. The standard InChI is InChI=1S/C24H20BrClN2O4/c1-2-16-3-10-21(11-4-16)31-15-23(29)28-27-14-18-13-19(25)7-12-22(18)32-24(30)17-5-8-20(26)9-6-17/h3-14H,2,15H2,1H3,(H,28,29)/b27-14+. The van der Waals surface area contributed by atoms with Gasteiger partial charge in [-0.05, 0) is 66.6 Å². The summed E-state index contributed by atoms with van der Waals surface area (Å²) in [6, 6.07) is 19.0. The minimum atomic E-state index is -0.537. The molecule has 0 saturated carbocycles. The van der Waals surface area contributed by atoms with E-state index < -0.39 is 11.9 Å². The van der Waals surface area contributed by atoms with Gasteiger partial charge in [0.15, 0.2) is 6.61 Å². The minimum Gasteiger partial charge on any atom is -0.484 e. The first-order valence-electron chi connectivity index (χ1n) is 9.75. The summed E-state index contributed by atoms with van der Waals surface area (Å²) in [5, 5.41) is 4.46. The molecule has 6 nitrogen and oxygen atoms in total. The van der Waals surface area contributed by atoms with Gasteiger partial charge in [-0.15, -0.1) is 0 Å². The third-order valence-electron chi connectivity index (χ3n) is 4.35. The average molecular weight is 516 g/mol. The number of carbonyl (C=O) groups is 2. The molecule has 0 spiro atoms. The molecule has 3 rings (SSSR count). The van der Waals surface area contributed by atoms with Crippen molar-refractivity contribution in [2.24, 2.45) is 5.10 Å². The van der Waals surface area contributed by atoms with Crippen LogP contribution in [0.25, 0.3) is 0 Å². The molecule has 0 atom stereocenters.